The predicted molar refractivity (Wildman–Crippen MR) is 76.0 cm³/mol. The van der Waals surface area contributed by atoms with E-state index in [2.05, 4.69) is 0 Å². The summed E-state index contributed by atoms with van der Waals surface area (Å²) < 4.78 is 0. The highest BCUT2D eigenvalue weighted by Gasteiger charge is 2.00. The molecule has 0 fully saturated rings. The van der Waals surface area contributed by atoms with E-state index in [-0.39, 0.29) is 5.78 Å². The zero-order valence-electron chi connectivity index (χ0n) is 9.84. The number of nitrogens with two attached hydrogens (primary N) is 1. The van der Waals surface area contributed by atoms with E-state index in [4.69, 9.17) is 13.6 Å². The summed E-state index contributed by atoms with van der Waals surface area (Å²) in [5, 5.41) is 0. The summed E-state index contributed by atoms with van der Waals surface area (Å²) in [6.45, 7) is 0. The van der Waals surface area contributed by atoms with Gasteiger partial charge in [0.15, 0.2) is 5.78 Å². The number of hydrogen-bond acceptors (Lipinski definition) is 2. The van der Waals surface area contributed by atoms with Crippen molar-refractivity contribution in [3.8, 4) is 0 Å². The van der Waals surface area contributed by atoms with Crippen molar-refractivity contribution in [3.05, 3.63) is 65.7 Å². The molecular weight excluding hydrogens is 221 g/mol. The number of carbonyl (C=O) groups is 1. The van der Waals surface area contributed by atoms with Gasteiger partial charge in [0.05, 0.1) is 0 Å². The molecule has 0 aliphatic carbocycles. The van der Waals surface area contributed by atoms with Gasteiger partial charge in [0, 0.05) is 11.3 Å². The van der Waals surface area contributed by atoms with E-state index in [0.29, 0.717) is 16.7 Å². The van der Waals surface area contributed by atoms with E-state index < -0.39 is 0 Å². The van der Waals surface area contributed by atoms with Crippen molar-refractivity contribution in [1.82, 2.24) is 0 Å². The van der Waals surface area contributed by atoms with Crippen LogP contribution in [-0.2, 0) is 0 Å². The lowest BCUT2D eigenvalue weighted by Gasteiger charge is -1.97. The van der Waals surface area contributed by atoms with Crippen LogP contribution < -0.4 is 11.2 Å². The van der Waals surface area contributed by atoms with Crippen LogP contribution in [0.4, 0.5) is 5.69 Å². The lowest BCUT2D eigenvalue weighted by atomic mass is 9.94. The Kier molecular flexibility index (Phi) is 3.63. The third-order valence-corrected chi connectivity index (χ3v) is 2.56. The quantitative estimate of drug-likeness (QED) is 0.381. The molecule has 2 rings (SSSR count). The highest BCUT2D eigenvalue weighted by Crippen LogP contribution is 2.08. The summed E-state index contributed by atoms with van der Waals surface area (Å²) in [5.41, 5.74) is 8.50. The summed E-state index contributed by atoms with van der Waals surface area (Å²) in [6.07, 6.45) is 3.30. The van der Waals surface area contributed by atoms with Crippen LogP contribution in [0.3, 0.4) is 0 Å². The van der Waals surface area contributed by atoms with Crippen molar-refractivity contribution in [2.75, 3.05) is 5.73 Å². The molecule has 0 heterocycles. The molecule has 2 N–H and O–H groups in total. The van der Waals surface area contributed by atoms with Gasteiger partial charge < -0.3 is 5.73 Å². The standard InChI is InChI=1S/C15H12BNO/c16-13-6-4-12(5-7-13)15(18)10-3-11-1-8-14(17)9-2-11/h1-10H,17H2/b10-3+. The second-order valence-electron chi connectivity index (χ2n) is 3.99. The zero-order valence-corrected chi connectivity index (χ0v) is 9.84. The van der Waals surface area contributed by atoms with Crippen molar-refractivity contribution in [3.63, 3.8) is 0 Å². The molecule has 0 bridgehead atoms. The van der Waals surface area contributed by atoms with Crippen LogP contribution in [0.1, 0.15) is 15.9 Å². The Morgan fingerprint density at radius 1 is 1.00 bits per heavy atom. The van der Waals surface area contributed by atoms with Crippen LogP contribution in [0.25, 0.3) is 6.08 Å². The summed E-state index contributed by atoms with van der Waals surface area (Å²) in [4.78, 5) is 11.8. The van der Waals surface area contributed by atoms with Crippen molar-refractivity contribution in [1.29, 1.82) is 0 Å². The molecule has 0 spiro atoms. The lowest BCUT2D eigenvalue weighted by molar-refractivity contribution is 0.104. The van der Waals surface area contributed by atoms with E-state index >= 15 is 0 Å². The number of carbonyl (C=O) groups excluding carboxylic acids is 1. The average molecular weight is 233 g/mol. The molecule has 86 valence electrons. The van der Waals surface area contributed by atoms with Crippen molar-refractivity contribution in [2.45, 2.75) is 0 Å². The third-order valence-electron chi connectivity index (χ3n) is 2.56. The molecule has 2 nitrogen and oxygen atoms in total. The van der Waals surface area contributed by atoms with Gasteiger partial charge >= 0.3 is 0 Å². The van der Waals surface area contributed by atoms with Crippen molar-refractivity contribution in [2.24, 2.45) is 0 Å². The molecule has 0 saturated carbocycles. The molecule has 2 aromatic carbocycles. The number of benzene rings is 2. The molecule has 18 heavy (non-hydrogen) atoms. The largest absolute Gasteiger partial charge is 0.399 e. The van der Waals surface area contributed by atoms with Gasteiger partial charge in [0.1, 0.15) is 7.85 Å². The van der Waals surface area contributed by atoms with Gasteiger partial charge in [-0.15, -0.1) is 0 Å². The first-order valence-electron chi connectivity index (χ1n) is 5.58. The average Bonchev–Trinajstić information content (AvgIpc) is 2.38. The number of allylic oxidation sites excluding steroid dienone is 1. The Morgan fingerprint density at radius 3 is 2.22 bits per heavy atom. The second-order valence-corrected chi connectivity index (χ2v) is 3.99. The van der Waals surface area contributed by atoms with Gasteiger partial charge in [-0.2, -0.15) is 0 Å². The van der Waals surface area contributed by atoms with Gasteiger partial charge in [-0.3, -0.25) is 4.79 Å². The summed E-state index contributed by atoms with van der Waals surface area (Å²) >= 11 is 0. The van der Waals surface area contributed by atoms with Crippen LogP contribution in [0, 0.1) is 0 Å². The molecule has 0 aliphatic heterocycles. The Morgan fingerprint density at radius 2 is 1.61 bits per heavy atom. The molecule has 0 amide bonds. The molecule has 0 aromatic heterocycles. The van der Waals surface area contributed by atoms with Crippen LogP contribution in [0.15, 0.2) is 54.6 Å². The molecule has 0 aliphatic rings. The minimum absolute atomic E-state index is 0.0492. The Bertz CT molecular complexity index is 570. The molecule has 2 radical (unpaired) electrons. The number of hydrogen-bond donors (Lipinski definition) is 1. The highest BCUT2D eigenvalue weighted by atomic mass is 16.1. The highest BCUT2D eigenvalue weighted by molar-refractivity contribution is 6.32. The van der Waals surface area contributed by atoms with Crippen LogP contribution >= 0.6 is 0 Å². The fourth-order valence-corrected chi connectivity index (χ4v) is 1.52. The maximum absolute atomic E-state index is 11.8. The smallest absolute Gasteiger partial charge is 0.185 e. The molecule has 2 aromatic rings. The maximum atomic E-state index is 11.8. The Hall–Kier alpha value is -2.29. The number of ketones is 1. The van der Waals surface area contributed by atoms with E-state index in [1.807, 2.05) is 12.1 Å². The second kappa shape index (κ2) is 5.36. The van der Waals surface area contributed by atoms with E-state index in [1.54, 1.807) is 42.5 Å². The minimum atomic E-state index is -0.0492. The van der Waals surface area contributed by atoms with Gasteiger partial charge in [-0.1, -0.05) is 47.9 Å². The Labute approximate surface area is 108 Å². The number of nitrogen functional groups attached to an aromatic ring is 1. The molecule has 0 saturated heterocycles. The first-order valence-corrected chi connectivity index (χ1v) is 5.58. The zero-order chi connectivity index (χ0) is 13.0. The van der Waals surface area contributed by atoms with Crippen LogP contribution in [-0.4, -0.2) is 13.6 Å². The van der Waals surface area contributed by atoms with E-state index in [9.17, 15) is 4.79 Å². The van der Waals surface area contributed by atoms with Gasteiger partial charge in [-0.25, -0.2) is 0 Å². The van der Waals surface area contributed by atoms with Gasteiger partial charge in [0.2, 0.25) is 0 Å². The van der Waals surface area contributed by atoms with E-state index in [0.717, 1.165) is 5.56 Å². The number of anilines is 1. The first-order chi connectivity index (χ1) is 8.65. The molecule has 0 atom stereocenters. The van der Waals surface area contributed by atoms with E-state index in [1.165, 1.54) is 6.08 Å². The maximum Gasteiger partial charge on any atom is 0.185 e. The predicted octanol–water partition coefficient (Wildman–Crippen LogP) is 1.96. The normalized spacial score (nSPS) is 10.7. The Balaban J connectivity index is 2.11. The van der Waals surface area contributed by atoms with Gasteiger partial charge in [-0.05, 0) is 23.8 Å². The topological polar surface area (TPSA) is 43.1 Å². The van der Waals surface area contributed by atoms with Crippen molar-refractivity contribution >= 4 is 30.9 Å². The minimum Gasteiger partial charge on any atom is -0.399 e. The van der Waals surface area contributed by atoms with Crippen LogP contribution in [0.5, 0.6) is 0 Å². The molecular formula is C15H12BNO. The fraction of sp³-hybridized carbons (Fsp3) is 0. The summed E-state index contributed by atoms with van der Waals surface area (Å²) in [7, 11) is 5.56. The third kappa shape index (κ3) is 3.11. The molecule has 0 unspecified atom stereocenters. The molecule has 3 heteroatoms. The van der Waals surface area contributed by atoms with Gasteiger partial charge in [0.25, 0.3) is 0 Å². The lowest BCUT2D eigenvalue weighted by Crippen LogP contribution is -2.02. The van der Waals surface area contributed by atoms with Crippen molar-refractivity contribution < 1.29 is 4.79 Å². The summed E-state index contributed by atoms with van der Waals surface area (Å²) in [6, 6.07) is 14.2. The fourth-order valence-electron chi connectivity index (χ4n) is 1.52. The van der Waals surface area contributed by atoms with Crippen LogP contribution in [0.2, 0.25) is 0 Å². The first kappa shape index (κ1) is 12.2. The summed E-state index contributed by atoms with van der Waals surface area (Å²) in [5.74, 6) is -0.0492. The number of rotatable bonds is 3. The monoisotopic (exact) mass is 233 g/mol. The SMILES string of the molecule is [B]c1ccc(C(=O)/C=C/c2ccc(N)cc2)cc1.